The van der Waals surface area contributed by atoms with Gasteiger partial charge in [0.2, 0.25) is 0 Å². The Morgan fingerprint density at radius 3 is 2.86 bits per heavy atom. The van der Waals surface area contributed by atoms with Gasteiger partial charge in [0, 0.05) is 17.8 Å². The minimum absolute atomic E-state index is 0.0198. The van der Waals surface area contributed by atoms with Crippen LogP contribution in [-0.2, 0) is 6.54 Å². The summed E-state index contributed by atoms with van der Waals surface area (Å²) in [6.45, 7) is 2.52. The van der Waals surface area contributed by atoms with E-state index < -0.39 is 0 Å². The molecule has 2 aromatic heterocycles. The van der Waals surface area contributed by atoms with Crippen LogP contribution in [0.1, 0.15) is 27.7 Å². The molecule has 0 fully saturated rings. The highest BCUT2D eigenvalue weighted by Crippen LogP contribution is 2.40. The first-order valence-electron chi connectivity index (χ1n) is 9.31. The van der Waals surface area contributed by atoms with Crippen molar-refractivity contribution in [1.29, 1.82) is 0 Å². The van der Waals surface area contributed by atoms with E-state index in [2.05, 4.69) is 51.4 Å². The summed E-state index contributed by atoms with van der Waals surface area (Å²) in [5.41, 5.74) is 6.95. The number of aryl methyl sites for hydroxylation is 1. The van der Waals surface area contributed by atoms with E-state index >= 15 is 0 Å². The molecule has 0 radical (unpaired) electrons. The van der Waals surface area contributed by atoms with Crippen molar-refractivity contribution in [1.82, 2.24) is 14.9 Å². The third kappa shape index (κ3) is 3.50. The van der Waals surface area contributed by atoms with Crippen LogP contribution < -0.4 is 0 Å². The van der Waals surface area contributed by atoms with Crippen LogP contribution in [0, 0.1) is 12.7 Å². The molecule has 1 unspecified atom stereocenters. The monoisotopic (exact) mass is 419 g/mol. The second-order valence-corrected chi connectivity index (χ2v) is 8.87. The Kier molecular flexibility index (Phi) is 4.73. The van der Waals surface area contributed by atoms with Crippen LogP contribution in [-0.4, -0.2) is 14.9 Å². The van der Waals surface area contributed by atoms with Gasteiger partial charge in [-0.3, -0.25) is 0 Å². The second-order valence-electron chi connectivity index (χ2n) is 7.01. The van der Waals surface area contributed by atoms with E-state index in [9.17, 15) is 4.39 Å². The molecule has 0 saturated carbocycles. The van der Waals surface area contributed by atoms with E-state index in [4.69, 9.17) is 0 Å². The molecule has 0 saturated heterocycles. The van der Waals surface area contributed by atoms with Crippen LogP contribution in [0.25, 0.3) is 15.8 Å². The first-order chi connectivity index (χ1) is 14.2. The van der Waals surface area contributed by atoms with Crippen molar-refractivity contribution in [2.24, 2.45) is 0 Å². The Morgan fingerprint density at radius 2 is 2.03 bits per heavy atom. The van der Waals surface area contributed by atoms with Crippen molar-refractivity contribution < 1.29 is 4.39 Å². The summed E-state index contributed by atoms with van der Waals surface area (Å²) in [5.74, 6) is -0.178. The van der Waals surface area contributed by atoms with Crippen molar-refractivity contribution >= 4 is 38.5 Å². The van der Waals surface area contributed by atoms with Gasteiger partial charge in [0.15, 0.2) is 0 Å². The number of hydrogen-bond donors (Lipinski definition) is 0. The molecule has 1 aliphatic heterocycles. The van der Waals surface area contributed by atoms with Gasteiger partial charge in [-0.25, -0.2) is 14.4 Å². The quantitative estimate of drug-likeness (QED) is 0.386. The molecule has 1 atom stereocenters. The molecule has 3 nitrogen and oxygen atoms in total. The second kappa shape index (κ2) is 7.54. The standard InChI is InChI=1S/C23H18FN3S2/c1-15-11-17(4-6-19(15)24)23-18(16-5-7-20-21(12-16)29-14-26-20)3-2-9-27(23)13-22-25-8-10-28-22/h2-12,14,23H,13H2,1H3. The van der Waals surface area contributed by atoms with Crippen molar-refractivity contribution in [2.45, 2.75) is 19.5 Å². The van der Waals surface area contributed by atoms with Gasteiger partial charge in [0.1, 0.15) is 10.8 Å². The minimum Gasteiger partial charge on any atom is -0.360 e. The number of thiazole rings is 2. The summed E-state index contributed by atoms with van der Waals surface area (Å²) in [6.07, 6.45) is 8.16. The lowest BCUT2D eigenvalue weighted by Gasteiger charge is -2.35. The van der Waals surface area contributed by atoms with E-state index in [0.717, 1.165) is 21.7 Å². The Bertz CT molecular complexity index is 1220. The van der Waals surface area contributed by atoms with Crippen LogP contribution in [0.15, 0.2) is 71.8 Å². The lowest BCUT2D eigenvalue weighted by atomic mass is 9.89. The highest BCUT2D eigenvalue weighted by atomic mass is 32.1. The lowest BCUT2D eigenvalue weighted by Crippen LogP contribution is -2.26. The predicted octanol–water partition coefficient (Wildman–Crippen LogP) is 6.35. The van der Waals surface area contributed by atoms with Gasteiger partial charge >= 0.3 is 0 Å². The first kappa shape index (κ1) is 18.2. The number of allylic oxidation sites excluding steroid dienone is 2. The number of rotatable bonds is 4. The largest absolute Gasteiger partial charge is 0.360 e. The lowest BCUT2D eigenvalue weighted by molar-refractivity contribution is 0.321. The van der Waals surface area contributed by atoms with E-state index in [-0.39, 0.29) is 11.9 Å². The van der Waals surface area contributed by atoms with Crippen molar-refractivity contribution in [2.75, 3.05) is 0 Å². The molecule has 2 aromatic carbocycles. The molecule has 0 aliphatic carbocycles. The van der Waals surface area contributed by atoms with E-state index in [0.29, 0.717) is 12.1 Å². The van der Waals surface area contributed by atoms with Crippen molar-refractivity contribution in [3.8, 4) is 0 Å². The number of aromatic nitrogens is 2. The van der Waals surface area contributed by atoms with Crippen LogP contribution in [0.4, 0.5) is 4.39 Å². The van der Waals surface area contributed by atoms with Gasteiger partial charge in [0.05, 0.1) is 28.3 Å². The zero-order chi connectivity index (χ0) is 19.8. The Labute approximate surface area is 176 Å². The van der Waals surface area contributed by atoms with Gasteiger partial charge in [-0.15, -0.1) is 22.7 Å². The van der Waals surface area contributed by atoms with Crippen molar-refractivity contribution in [3.05, 3.63) is 99.4 Å². The molecule has 6 heteroatoms. The fourth-order valence-corrected chi connectivity index (χ4v) is 5.08. The number of benzene rings is 2. The summed E-state index contributed by atoms with van der Waals surface area (Å²) in [7, 11) is 0. The van der Waals surface area contributed by atoms with E-state index in [1.54, 1.807) is 28.7 Å². The van der Waals surface area contributed by atoms with Crippen LogP contribution in [0.5, 0.6) is 0 Å². The van der Waals surface area contributed by atoms with Crippen LogP contribution in [0.2, 0.25) is 0 Å². The number of fused-ring (bicyclic) bond motifs is 1. The van der Waals surface area contributed by atoms with Gasteiger partial charge in [-0.2, -0.15) is 0 Å². The minimum atomic E-state index is -0.178. The maximum Gasteiger partial charge on any atom is 0.126 e. The Balaban J connectivity index is 1.61. The molecule has 144 valence electrons. The summed E-state index contributed by atoms with van der Waals surface area (Å²) >= 11 is 3.29. The molecule has 0 spiro atoms. The van der Waals surface area contributed by atoms with E-state index in [1.165, 1.54) is 10.3 Å². The molecule has 0 bridgehead atoms. The molecular weight excluding hydrogens is 401 g/mol. The van der Waals surface area contributed by atoms with Gasteiger partial charge in [-0.1, -0.05) is 24.3 Å². The molecule has 4 aromatic rings. The topological polar surface area (TPSA) is 29.0 Å². The first-order valence-corrected chi connectivity index (χ1v) is 11.1. The zero-order valence-electron chi connectivity index (χ0n) is 15.7. The normalized spacial score (nSPS) is 16.4. The maximum absolute atomic E-state index is 14.0. The zero-order valence-corrected chi connectivity index (χ0v) is 17.4. The average Bonchev–Trinajstić information content (AvgIpc) is 3.41. The smallest absolute Gasteiger partial charge is 0.126 e. The van der Waals surface area contributed by atoms with E-state index in [1.807, 2.05) is 36.1 Å². The molecule has 29 heavy (non-hydrogen) atoms. The number of nitrogens with zero attached hydrogens (tertiary/aromatic N) is 3. The van der Waals surface area contributed by atoms with Gasteiger partial charge in [-0.05, 0) is 53.5 Å². The number of hydrogen-bond acceptors (Lipinski definition) is 5. The third-order valence-corrected chi connectivity index (χ3v) is 6.70. The fraction of sp³-hybridized carbons (Fsp3) is 0.130. The molecule has 1 aliphatic rings. The Morgan fingerprint density at radius 1 is 1.10 bits per heavy atom. The third-order valence-electron chi connectivity index (χ3n) is 5.14. The van der Waals surface area contributed by atoms with Gasteiger partial charge < -0.3 is 4.90 Å². The summed E-state index contributed by atoms with van der Waals surface area (Å²) < 4.78 is 15.1. The molecular formula is C23H18FN3S2. The summed E-state index contributed by atoms with van der Waals surface area (Å²) in [6, 6.07) is 11.8. The van der Waals surface area contributed by atoms with Gasteiger partial charge in [0.25, 0.3) is 0 Å². The summed E-state index contributed by atoms with van der Waals surface area (Å²) in [5, 5.41) is 3.05. The Hall–Kier alpha value is -2.83. The van der Waals surface area contributed by atoms with Crippen LogP contribution >= 0.6 is 22.7 Å². The van der Waals surface area contributed by atoms with Crippen LogP contribution in [0.3, 0.4) is 0 Å². The SMILES string of the molecule is Cc1cc(C2C(c3ccc4ncsc4c3)=CC=CN2Cc2nccs2)ccc1F. The highest BCUT2D eigenvalue weighted by Gasteiger charge is 2.26. The molecule has 0 N–H and O–H groups in total. The highest BCUT2D eigenvalue weighted by molar-refractivity contribution is 7.16. The van der Waals surface area contributed by atoms with Crippen molar-refractivity contribution in [3.63, 3.8) is 0 Å². The fourth-order valence-electron chi connectivity index (χ4n) is 3.74. The predicted molar refractivity (Wildman–Crippen MR) is 118 cm³/mol. The molecule has 5 rings (SSSR count). The molecule has 0 amide bonds. The number of halogens is 1. The molecule has 3 heterocycles. The summed E-state index contributed by atoms with van der Waals surface area (Å²) in [4.78, 5) is 11.1. The maximum atomic E-state index is 14.0. The average molecular weight is 420 g/mol.